The number of fused-ring (bicyclic) bond motifs is 1. The molecule has 1 aliphatic heterocycles. The molecule has 0 saturated heterocycles. The van der Waals surface area contributed by atoms with Crippen molar-refractivity contribution in [3.63, 3.8) is 0 Å². The van der Waals surface area contributed by atoms with Crippen LogP contribution in [0.1, 0.15) is 29.7 Å². The first-order valence-corrected chi connectivity index (χ1v) is 13.6. The van der Waals surface area contributed by atoms with Crippen LogP contribution in [0.2, 0.25) is 0 Å². The highest BCUT2D eigenvalue weighted by Crippen LogP contribution is 2.46. The lowest BCUT2D eigenvalue weighted by atomic mass is 10.1. The third-order valence-corrected chi connectivity index (χ3v) is 7.77. The maximum absolute atomic E-state index is 13.9. The average Bonchev–Trinajstić information content (AvgIpc) is 3.05. The van der Waals surface area contributed by atoms with Gasteiger partial charge in [0, 0.05) is 24.9 Å². The number of hydrogen-bond acceptors (Lipinski definition) is 7. The highest BCUT2D eigenvalue weighted by Gasteiger charge is 2.40. The standard InChI is InChI=1S/C30H34N2O5S/c1-21(33)37-28-29(23-13-15-24(35-2)16-14-23)38-27-12-5-4-11-26(27)32(30(28)34)19-18-31-17-7-9-22-8-6-10-25(20-22)36-3/h4-6,8,10-16,20,28-29,31H,7,9,17-19H2,1-3H3. The molecule has 38 heavy (non-hydrogen) atoms. The van der Waals surface area contributed by atoms with Crippen LogP contribution in [0.4, 0.5) is 5.69 Å². The smallest absolute Gasteiger partial charge is 0.303 e. The van der Waals surface area contributed by atoms with E-state index in [1.807, 2.05) is 60.7 Å². The zero-order chi connectivity index (χ0) is 26.9. The van der Waals surface area contributed by atoms with E-state index < -0.39 is 12.1 Å². The fourth-order valence-corrected chi connectivity index (χ4v) is 5.82. The molecular formula is C30H34N2O5S. The minimum Gasteiger partial charge on any atom is -0.497 e. The number of ether oxygens (including phenoxy) is 3. The number of anilines is 1. The number of thioether (sulfide) groups is 1. The summed E-state index contributed by atoms with van der Waals surface area (Å²) in [4.78, 5) is 28.7. The SMILES string of the molecule is COc1ccc(C2Sc3ccccc3N(CCNCCCc3cccc(OC)c3)C(=O)C2OC(C)=O)cc1. The number of rotatable bonds is 11. The van der Waals surface area contributed by atoms with Gasteiger partial charge in [0.25, 0.3) is 5.91 Å². The topological polar surface area (TPSA) is 77.1 Å². The second-order valence-corrected chi connectivity index (χ2v) is 10.2. The largest absolute Gasteiger partial charge is 0.497 e. The molecule has 2 unspecified atom stereocenters. The number of esters is 1. The number of aryl methyl sites for hydroxylation is 1. The van der Waals surface area contributed by atoms with Crippen molar-refractivity contribution in [3.8, 4) is 11.5 Å². The van der Waals surface area contributed by atoms with Gasteiger partial charge < -0.3 is 24.4 Å². The minimum absolute atomic E-state index is 0.225. The molecule has 3 aromatic rings. The molecule has 0 radical (unpaired) electrons. The number of carbonyl (C=O) groups excluding carboxylic acids is 2. The van der Waals surface area contributed by atoms with Gasteiger partial charge in [-0.05, 0) is 66.9 Å². The molecule has 0 bridgehead atoms. The van der Waals surface area contributed by atoms with E-state index in [0.29, 0.717) is 13.1 Å². The van der Waals surface area contributed by atoms with Gasteiger partial charge in [-0.1, -0.05) is 36.4 Å². The van der Waals surface area contributed by atoms with Crippen LogP contribution in [-0.2, 0) is 20.7 Å². The Hall–Kier alpha value is -3.49. The lowest BCUT2D eigenvalue weighted by molar-refractivity contribution is -0.152. The molecule has 0 saturated carbocycles. The highest BCUT2D eigenvalue weighted by molar-refractivity contribution is 7.99. The summed E-state index contributed by atoms with van der Waals surface area (Å²) in [5.74, 6) is 0.880. The van der Waals surface area contributed by atoms with Gasteiger partial charge in [0.05, 0.1) is 25.2 Å². The second-order valence-electron chi connectivity index (χ2n) is 9.00. The molecular weight excluding hydrogens is 500 g/mol. The number of amides is 1. The zero-order valence-corrected chi connectivity index (χ0v) is 22.8. The molecule has 2 atom stereocenters. The molecule has 1 N–H and O–H groups in total. The molecule has 8 heteroatoms. The molecule has 1 amide bonds. The van der Waals surface area contributed by atoms with E-state index in [-0.39, 0.29) is 11.2 Å². The average molecular weight is 535 g/mol. The van der Waals surface area contributed by atoms with E-state index in [9.17, 15) is 9.59 Å². The van der Waals surface area contributed by atoms with Crippen molar-refractivity contribution in [1.29, 1.82) is 0 Å². The van der Waals surface area contributed by atoms with Crippen molar-refractivity contribution >= 4 is 29.3 Å². The lowest BCUT2D eigenvalue weighted by Gasteiger charge is -2.27. The molecule has 1 heterocycles. The van der Waals surface area contributed by atoms with Crippen LogP contribution in [0.3, 0.4) is 0 Å². The number of nitrogens with one attached hydrogen (secondary N) is 1. The summed E-state index contributed by atoms with van der Waals surface area (Å²) in [5.41, 5.74) is 2.95. The van der Waals surface area contributed by atoms with Crippen LogP contribution in [0.25, 0.3) is 0 Å². The van der Waals surface area contributed by atoms with Gasteiger partial charge in [-0.25, -0.2) is 0 Å². The first-order chi connectivity index (χ1) is 18.5. The molecule has 3 aromatic carbocycles. The maximum atomic E-state index is 13.9. The Kier molecular flexibility index (Phi) is 9.67. The maximum Gasteiger partial charge on any atom is 0.303 e. The third kappa shape index (κ3) is 6.88. The molecule has 0 aliphatic carbocycles. The monoisotopic (exact) mass is 534 g/mol. The lowest BCUT2D eigenvalue weighted by Crippen LogP contribution is -2.45. The van der Waals surface area contributed by atoms with Crippen molar-refractivity contribution in [1.82, 2.24) is 5.32 Å². The van der Waals surface area contributed by atoms with Gasteiger partial charge in [0.15, 0.2) is 6.10 Å². The molecule has 4 rings (SSSR count). The summed E-state index contributed by atoms with van der Waals surface area (Å²) in [5, 5.41) is 3.07. The van der Waals surface area contributed by atoms with Crippen LogP contribution in [0, 0.1) is 0 Å². The quantitative estimate of drug-likeness (QED) is 0.273. The zero-order valence-electron chi connectivity index (χ0n) is 22.0. The van der Waals surface area contributed by atoms with Gasteiger partial charge in [-0.3, -0.25) is 9.59 Å². The number of nitrogens with zero attached hydrogens (tertiary/aromatic N) is 1. The summed E-state index contributed by atoms with van der Waals surface area (Å²) in [6.45, 7) is 3.23. The first kappa shape index (κ1) is 27.5. The molecule has 7 nitrogen and oxygen atoms in total. The number of methoxy groups -OCH3 is 2. The first-order valence-electron chi connectivity index (χ1n) is 12.7. The van der Waals surface area contributed by atoms with Crippen LogP contribution in [0.15, 0.2) is 77.7 Å². The predicted molar refractivity (Wildman–Crippen MR) is 150 cm³/mol. The third-order valence-electron chi connectivity index (χ3n) is 6.40. The Bertz CT molecular complexity index is 1230. The van der Waals surface area contributed by atoms with Crippen molar-refractivity contribution in [3.05, 3.63) is 83.9 Å². The van der Waals surface area contributed by atoms with E-state index in [2.05, 4.69) is 17.4 Å². The van der Waals surface area contributed by atoms with Crippen LogP contribution >= 0.6 is 11.8 Å². The summed E-state index contributed by atoms with van der Waals surface area (Å²) < 4.78 is 16.3. The molecule has 200 valence electrons. The number of benzene rings is 3. The van der Waals surface area contributed by atoms with Gasteiger partial charge in [-0.15, -0.1) is 11.8 Å². The Morgan fingerprint density at radius 3 is 2.45 bits per heavy atom. The normalized spacial score (nSPS) is 16.9. The van der Waals surface area contributed by atoms with Gasteiger partial charge in [0.1, 0.15) is 11.5 Å². The Labute approximate surface area is 228 Å². The van der Waals surface area contributed by atoms with E-state index in [1.165, 1.54) is 24.2 Å². The van der Waals surface area contributed by atoms with Crippen molar-refractivity contribution < 1.29 is 23.8 Å². The molecule has 0 spiro atoms. The molecule has 0 fully saturated rings. The van der Waals surface area contributed by atoms with Crippen molar-refractivity contribution in [2.75, 3.05) is 38.8 Å². The predicted octanol–water partition coefficient (Wildman–Crippen LogP) is 5.04. The van der Waals surface area contributed by atoms with Crippen molar-refractivity contribution in [2.24, 2.45) is 0 Å². The van der Waals surface area contributed by atoms with Crippen LogP contribution in [0.5, 0.6) is 11.5 Å². The van der Waals surface area contributed by atoms with Gasteiger partial charge in [0.2, 0.25) is 0 Å². The number of carbonyl (C=O) groups is 2. The van der Waals surface area contributed by atoms with Crippen LogP contribution < -0.4 is 19.7 Å². The minimum atomic E-state index is -0.952. The highest BCUT2D eigenvalue weighted by atomic mass is 32.2. The summed E-state index contributed by atoms with van der Waals surface area (Å²) in [7, 11) is 3.29. The fourth-order valence-electron chi connectivity index (χ4n) is 4.50. The van der Waals surface area contributed by atoms with E-state index in [1.54, 1.807) is 19.1 Å². The van der Waals surface area contributed by atoms with Gasteiger partial charge >= 0.3 is 5.97 Å². The summed E-state index contributed by atoms with van der Waals surface area (Å²) in [6.07, 6.45) is 0.944. The molecule has 1 aliphatic rings. The van der Waals surface area contributed by atoms with Crippen LogP contribution in [-0.4, -0.2) is 51.8 Å². The van der Waals surface area contributed by atoms with Crippen molar-refractivity contribution in [2.45, 2.75) is 36.0 Å². The number of para-hydroxylation sites is 1. The van der Waals surface area contributed by atoms with Gasteiger partial charge in [-0.2, -0.15) is 0 Å². The Morgan fingerprint density at radius 1 is 0.947 bits per heavy atom. The molecule has 0 aromatic heterocycles. The van der Waals surface area contributed by atoms with E-state index in [0.717, 1.165) is 47.0 Å². The second kappa shape index (κ2) is 13.3. The Morgan fingerprint density at radius 2 is 1.71 bits per heavy atom. The fraction of sp³-hybridized carbons (Fsp3) is 0.333. The summed E-state index contributed by atoms with van der Waals surface area (Å²) in [6, 6.07) is 23.5. The van der Waals surface area contributed by atoms with E-state index >= 15 is 0 Å². The van der Waals surface area contributed by atoms with E-state index in [4.69, 9.17) is 14.2 Å². The Balaban J connectivity index is 1.46. The number of hydrogen-bond donors (Lipinski definition) is 1. The summed E-state index contributed by atoms with van der Waals surface area (Å²) >= 11 is 1.54.